The minimum Gasteiger partial charge on any atom is -0.493 e. The second-order valence-electron chi connectivity index (χ2n) is 9.43. The molecule has 0 aliphatic carbocycles. The number of amides is 1. The Hall–Kier alpha value is -4.15. The summed E-state index contributed by atoms with van der Waals surface area (Å²) >= 11 is 0. The number of piperidine rings is 1. The number of hydrogen-bond acceptors (Lipinski definition) is 10. The zero-order valence-corrected chi connectivity index (χ0v) is 24.4. The highest BCUT2D eigenvalue weighted by Gasteiger charge is 2.30. The van der Waals surface area contributed by atoms with Gasteiger partial charge in [0.25, 0.3) is 0 Å². The van der Waals surface area contributed by atoms with Gasteiger partial charge in [-0.3, -0.25) is 4.79 Å². The van der Waals surface area contributed by atoms with Crippen LogP contribution in [0.2, 0.25) is 0 Å². The maximum atomic E-state index is 13.2. The molecule has 216 valence electrons. The smallest absolute Gasteiger partial charge is 0.227 e. The summed E-state index contributed by atoms with van der Waals surface area (Å²) < 4.78 is 27.7. The van der Waals surface area contributed by atoms with Crippen LogP contribution in [0.25, 0.3) is 10.9 Å². The van der Waals surface area contributed by atoms with E-state index in [2.05, 4.69) is 10.2 Å². The summed E-state index contributed by atoms with van der Waals surface area (Å²) in [7, 11) is 7.89. The third kappa shape index (κ3) is 5.73. The Morgan fingerprint density at radius 2 is 1.52 bits per heavy atom. The predicted octanol–water partition coefficient (Wildman–Crippen LogP) is 4.50. The van der Waals surface area contributed by atoms with Crippen molar-refractivity contribution >= 4 is 34.3 Å². The van der Waals surface area contributed by atoms with Crippen molar-refractivity contribution in [3.63, 3.8) is 0 Å². The van der Waals surface area contributed by atoms with Gasteiger partial charge >= 0.3 is 0 Å². The van der Waals surface area contributed by atoms with E-state index >= 15 is 0 Å². The van der Waals surface area contributed by atoms with Crippen molar-refractivity contribution < 1.29 is 28.5 Å². The molecule has 0 bridgehead atoms. The van der Waals surface area contributed by atoms with E-state index in [1.54, 1.807) is 35.5 Å². The number of benzene rings is 2. The fourth-order valence-electron chi connectivity index (χ4n) is 5.12. The molecule has 40 heavy (non-hydrogen) atoms. The van der Waals surface area contributed by atoms with Crippen molar-refractivity contribution in [1.82, 2.24) is 14.9 Å². The Kier molecular flexibility index (Phi) is 9.23. The molecule has 1 atom stereocenters. The number of hydrogen-bond donors (Lipinski definition) is 1. The number of nitrogens with one attached hydrogen (secondary N) is 1. The zero-order valence-electron chi connectivity index (χ0n) is 24.4. The highest BCUT2D eigenvalue weighted by atomic mass is 16.5. The summed E-state index contributed by atoms with van der Waals surface area (Å²) in [6.45, 7) is 6.72. The molecule has 1 amide bonds. The van der Waals surface area contributed by atoms with Gasteiger partial charge in [0.1, 0.15) is 5.82 Å². The summed E-state index contributed by atoms with van der Waals surface area (Å²) in [4.78, 5) is 27.0. The molecule has 4 rings (SSSR count). The van der Waals surface area contributed by atoms with E-state index in [-0.39, 0.29) is 11.8 Å². The fraction of sp³-hybridized carbons (Fsp3) is 0.483. The van der Waals surface area contributed by atoms with Crippen LogP contribution in [0, 0.1) is 5.92 Å². The van der Waals surface area contributed by atoms with Crippen molar-refractivity contribution in [2.75, 3.05) is 71.9 Å². The molecule has 11 nitrogen and oxygen atoms in total. The quantitative estimate of drug-likeness (QED) is 0.365. The number of carbonyl (C=O) groups excluding carboxylic acids is 1. The van der Waals surface area contributed by atoms with Crippen LogP contribution in [0.5, 0.6) is 28.7 Å². The first-order chi connectivity index (χ1) is 19.4. The van der Waals surface area contributed by atoms with Gasteiger partial charge in [0.15, 0.2) is 23.0 Å². The number of rotatable bonds is 11. The first-order valence-corrected chi connectivity index (χ1v) is 13.5. The molecular formula is C29H39N5O6. The van der Waals surface area contributed by atoms with Gasteiger partial charge in [-0.05, 0) is 32.8 Å². The maximum absolute atomic E-state index is 13.2. The van der Waals surface area contributed by atoms with Gasteiger partial charge in [-0.15, -0.1) is 0 Å². The average Bonchev–Trinajstić information content (AvgIpc) is 3.00. The van der Waals surface area contributed by atoms with Crippen molar-refractivity contribution in [2.24, 2.45) is 5.92 Å². The van der Waals surface area contributed by atoms with Crippen molar-refractivity contribution in [3.05, 3.63) is 24.3 Å². The van der Waals surface area contributed by atoms with Crippen LogP contribution >= 0.6 is 0 Å². The Morgan fingerprint density at radius 3 is 2.10 bits per heavy atom. The van der Waals surface area contributed by atoms with Crippen LogP contribution in [0.4, 0.5) is 17.5 Å². The lowest BCUT2D eigenvalue weighted by Crippen LogP contribution is -2.45. The molecule has 2 aromatic carbocycles. The largest absolute Gasteiger partial charge is 0.493 e. The van der Waals surface area contributed by atoms with E-state index < -0.39 is 0 Å². The van der Waals surface area contributed by atoms with E-state index in [9.17, 15) is 4.79 Å². The second-order valence-corrected chi connectivity index (χ2v) is 9.43. The monoisotopic (exact) mass is 553 g/mol. The fourth-order valence-corrected chi connectivity index (χ4v) is 5.12. The van der Waals surface area contributed by atoms with Gasteiger partial charge in [0.05, 0.1) is 47.0 Å². The minimum absolute atomic E-state index is 0.107. The molecule has 0 saturated carbocycles. The van der Waals surface area contributed by atoms with E-state index in [4.69, 9.17) is 33.7 Å². The summed E-state index contributed by atoms with van der Waals surface area (Å²) in [5.41, 5.74) is 1.36. The SMILES string of the molecule is CCN(CC)C(=O)C1CCCN(c2nc(Nc3cc(OC)c(OC)c(OC)c3)c3cc(OC)c(OC)cc3n2)C1. The van der Waals surface area contributed by atoms with Crippen molar-refractivity contribution in [3.8, 4) is 28.7 Å². The summed E-state index contributed by atoms with van der Waals surface area (Å²) in [6, 6.07) is 7.31. The Morgan fingerprint density at radius 1 is 0.900 bits per heavy atom. The topological polar surface area (TPSA) is 108 Å². The van der Waals surface area contributed by atoms with E-state index in [0.717, 1.165) is 24.8 Å². The van der Waals surface area contributed by atoms with Gasteiger partial charge in [0, 0.05) is 55.5 Å². The Labute approximate surface area is 235 Å². The molecule has 1 fully saturated rings. The van der Waals surface area contributed by atoms with Gasteiger partial charge in [-0.25, -0.2) is 4.98 Å². The van der Waals surface area contributed by atoms with E-state index in [1.165, 1.54) is 0 Å². The number of aromatic nitrogens is 2. The summed E-state index contributed by atoms with van der Waals surface area (Å²) in [5.74, 6) is 3.80. The molecule has 0 spiro atoms. The van der Waals surface area contributed by atoms with Gasteiger partial charge in [0.2, 0.25) is 17.6 Å². The highest BCUT2D eigenvalue weighted by Crippen LogP contribution is 2.42. The molecule has 1 N–H and O–H groups in total. The first kappa shape index (κ1) is 28.8. The molecule has 1 aliphatic heterocycles. The third-order valence-corrected chi connectivity index (χ3v) is 7.25. The van der Waals surface area contributed by atoms with Crippen LogP contribution in [0.1, 0.15) is 26.7 Å². The van der Waals surface area contributed by atoms with E-state index in [1.807, 2.05) is 43.0 Å². The lowest BCUT2D eigenvalue weighted by Gasteiger charge is -2.34. The number of ether oxygens (including phenoxy) is 5. The Bertz CT molecular complexity index is 1320. The first-order valence-electron chi connectivity index (χ1n) is 13.5. The van der Waals surface area contributed by atoms with Gasteiger partial charge in [-0.1, -0.05) is 0 Å². The van der Waals surface area contributed by atoms with Crippen LogP contribution in [0.3, 0.4) is 0 Å². The molecule has 1 aromatic heterocycles. The van der Waals surface area contributed by atoms with Gasteiger partial charge < -0.3 is 38.8 Å². The molecular weight excluding hydrogens is 514 g/mol. The van der Waals surface area contributed by atoms with Gasteiger partial charge in [-0.2, -0.15) is 4.98 Å². The molecule has 1 aliphatic rings. The average molecular weight is 554 g/mol. The third-order valence-electron chi connectivity index (χ3n) is 7.25. The number of methoxy groups -OCH3 is 5. The van der Waals surface area contributed by atoms with Crippen molar-refractivity contribution in [1.29, 1.82) is 0 Å². The van der Waals surface area contributed by atoms with E-state index in [0.29, 0.717) is 71.4 Å². The highest BCUT2D eigenvalue weighted by molar-refractivity contribution is 5.94. The minimum atomic E-state index is -0.107. The standard InChI is InChI=1S/C29H39N5O6/c1-8-33(9-2)28(35)18-11-10-12-34(17-18)29-31-21-16-23(37-4)22(36-3)15-20(21)27(32-29)30-19-13-24(38-5)26(40-7)25(14-19)39-6/h13-16,18H,8-12,17H2,1-7H3,(H,30,31,32). The normalized spacial score (nSPS) is 15.0. The Balaban J connectivity index is 1.80. The van der Waals surface area contributed by atoms with Crippen LogP contribution < -0.4 is 33.9 Å². The van der Waals surface area contributed by atoms with Crippen LogP contribution in [0.15, 0.2) is 24.3 Å². The molecule has 1 unspecified atom stereocenters. The van der Waals surface area contributed by atoms with Crippen molar-refractivity contribution in [2.45, 2.75) is 26.7 Å². The van der Waals surface area contributed by atoms with Crippen LogP contribution in [-0.4, -0.2) is 82.5 Å². The molecule has 0 radical (unpaired) electrons. The molecule has 3 aromatic rings. The summed E-state index contributed by atoms with van der Waals surface area (Å²) in [5, 5.41) is 4.16. The molecule has 1 saturated heterocycles. The summed E-state index contributed by atoms with van der Waals surface area (Å²) in [6.07, 6.45) is 1.72. The predicted molar refractivity (Wildman–Crippen MR) is 155 cm³/mol. The molecule has 11 heteroatoms. The number of nitrogens with zero attached hydrogens (tertiary/aromatic N) is 4. The lowest BCUT2D eigenvalue weighted by molar-refractivity contribution is -0.135. The van der Waals surface area contributed by atoms with Crippen LogP contribution in [-0.2, 0) is 4.79 Å². The second kappa shape index (κ2) is 12.8. The lowest BCUT2D eigenvalue weighted by atomic mass is 9.96. The molecule has 2 heterocycles. The number of fused-ring (bicyclic) bond motifs is 1. The number of carbonyl (C=O) groups is 1. The maximum Gasteiger partial charge on any atom is 0.227 e. The number of anilines is 3. The zero-order chi connectivity index (χ0) is 28.8.